The van der Waals surface area contributed by atoms with Crippen LogP contribution in [0.2, 0.25) is 0 Å². The van der Waals surface area contributed by atoms with E-state index in [1.165, 1.54) is 11.0 Å². The van der Waals surface area contributed by atoms with Crippen molar-refractivity contribution >= 4 is 5.91 Å². The number of amides is 1. The molecule has 1 aliphatic rings. The van der Waals surface area contributed by atoms with Gasteiger partial charge in [-0.05, 0) is 30.9 Å². The number of carbonyl (C=O) groups excluding carboxylic acids is 1. The van der Waals surface area contributed by atoms with Gasteiger partial charge in [0.05, 0.1) is 11.9 Å². The molecule has 1 amide bonds. The van der Waals surface area contributed by atoms with Crippen LogP contribution >= 0.6 is 0 Å². The van der Waals surface area contributed by atoms with E-state index in [9.17, 15) is 4.79 Å². The van der Waals surface area contributed by atoms with Crippen molar-refractivity contribution in [2.24, 2.45) is 5.92 Å². The molecule has 0 N–H and O–H groups in total. The highest BCUT2D eigenvalue weighted by atomic mass is 16.5. The Kier molecular flexibility index (Phi) is 4.48. The van der Waals surface area contributed by atoms with E-state index in [-0.39, 0.29) is 5.91 Å². The summed E-state index contributed by atoms with van der Waals surface area (Å²) in [6.07, 6.45) is 3.50. The number of piperidine rings is 1. The van der Waals surface area contributed by atoms with Gasteiger partial charge in [-0.2, -0.15) is 9.90 Å². The molecule has 2 heterocycles. The van der Waals surface area contributed by atoms with Crippen molar-refractivity contribution in [1.82, 2.24) is 19.9 Å². The fourth-order valence-corrected chi connectivity index (χ4v) is 2.75. The molecule has 1 aromatic heterocycles. The van der Waals surface area contributed by atoms with E-state index in [1.807, 2.05) is 35.2 Å². The molecule has 1 saturated heterocycles. The highest BCUT2D eigenvalue weighted by Crippen LogP contribution is 2.18. The van der Waals surface area contributed by atoms with Crippen LogP contribution in [0.4, 0.5) is 0 Å². The Balaban J connectivity index is 1.65. The third-order valence-electron chi connectivity index (χ3n) is 4.00. The molecule has 2 aromatic rings. The first-order valence-electron chi connectivity index (χ1n) is 7.54. The van der Waals surface area contributed by atoms with E-state index in [2.05, 4.69) is 10.2 Å². The van der Waals surface area contributed by atoms with Crippen molar-refractivity contribution in [3.63, 3.8) is 0 Å². The van der Waals surface area contributed by atoms with Crippen molar-refractivity contribution in [1.29, 1.82) is 0 Å². The lowest BCUT2D eigenvalue weighted by Crippen LogP contribution is -2.39. The number of rotatable bonds is 4. The second kappa shape index (κ2) is 6.70. The molecule has 0 bridgehead atoms. The zero-order valence-electron chi connectivity index (χ0n) is 12.7. The summed E-state index contributed by atoms with van der Waals surface area (Å²) in [7, 11) is 1.72. The van der Waals surface area contributed by atoms with Gasteiger partial charge in [0.15, 0.2) is 5.69 Å². The number of carbonyl (C=O) groups is 1. The summed E-state index contributed by atoms with van der Waals surface area (Å²) < 4.78 is 5.18. The van der Waals surface area contributed by atoms with E-state index in [1.54, 1.807) is 7.11 Å². The normalized spacial score (nSPS) is 16.0. The molecule has 22 heavy (non-hydrogen) atoms. The Labute approximate surface area is 129 Å². The Hall–Kier alpha value is -2.21. The lowest BCUT2D eigenvalue weighted by atomic mass is 9.97. The molecule has 3 rings (SSSR count). The molecule has 0 aliphatic carbocycles. The van der Waals surface area contributed by atoms with Crippen LogP contribution in [0.15, 0.2) is 36.5 Å². The van der Waals surface area contributed by atoms with Crippen LogP contribution in [0.25, 0.3) is 5.69 Å². The van der Waals surface area contributed by atoms with Crippen LogP contribution in [-0.2, 0) is 4.74 Å². The molecule has 1 aromatic carbocycles. The van der Waals surface area contributed by atoms with E-state index < -0.39 is 0 Å². The quantitative estimate of drug-likeness (QED) is 0.863. The molecule has 1 fully saturated rings. The maximum atomic E-state index is 12.5. The summed E-state index contributed by atoms with van der Waals surface area (Å²) >= 11 is 0. The maximum absolute atomic E-state index is 12.5. The number of methoxy groups -OCH3 is 1. The zero-order chi connectivity index (χ0) is 15.4. The van der Waals surface area contributed by atoms with E-state index in [0.29, 0.717) is 11.6 Å². The van der Waals surface area contributed by atoms with Crippen molar-refractivity contribution in [2.45, 2.75) is 12.8 Å². The van der Waals surface area contributed by atoms with Crippen LogP contribution in [0.3, 0.4) is 0 Å². The third kappa shape index (κ3) is 3.17. The molecular weight excluding hydrogens is 280 g/mol. The molecule has 0 atom stereocenters. The number of ether oxygens (including phenoxy) is 1. The number of hydrogen-bond donors (Lipinski definition) is 0. The second-order valence-electron chi connectivity index (χ2n) is 5.55. The predicted octanol–water partition coefficient (Wildman–Crippen LogP) is 1.77. The molecule has 6 nitrogen and oxygen atoms in total. The van der Waals surface area contributed by atoms with Crippen molar-refractivity contribution < 1.29 is 9.53 Å². The van der Waals surface area contributed by atoms with Gasteiger partial charge in [-0.3, -0.25) is 4.79 Å². The van der Waals surface area contributed by atoms with Gasteiger partial charge in [0.1, 0.15) is 0 Å². The summed E-state index contributed by atoms with van der Waals surface area (Å²) in [5.41, 5.74) is 1.24. The smallest absolute Gasteiger partial charge is 0.276 e. The second-order valence-corrected chi connectivity index (χ2v) is 5.55. The first-order chi connectivity index (χ1) is 10.8. The average molecular weight is 300 g/mol. The van der Waals surface area contributed by atoms with Crippen LogP contribution in [0, 0.1) is 5.92 Å². The van der Waals surface area contributed by atoms with Gasteiger partial charge in [-0.15, -0.1) is 5.10 Å². The van der Waals surface area contributed by atoms with Crippen molar-refractivity contribution in [3.8, 4) is 5.69 Å². The van der Waals surface area contributed by atoms with E-state index in [4.69, 9.17) is 4.74 Å². The minimum Gasteiger partial charge on any atom is -0.384 e. The van der Waals surface area contributed by atoms with Gasteiger partial charge in [0.25, 0.3) is 5.91 Å². The van der Waals surface area contributed by atoms with E-state index in [0.717, 1.165) is 38.2 Å². The fraction of sp³-hybridized carbons (Fsp3) is 0.438. The number of likely N-dealkylation sites (tertiary alicyclic amines) is 1. The summed E-state index contributed by atoms with van der Waals surface area (Å²) in [6.45, 7) is 2.28. The monoisotopic (exact) mass is 300 g/mol. The Morgan fingerprint density at radius 1 is 1.27 bits per heavy atom. The Morgan fingerprint density at radius 2 is 2.00 bits per heavy atom. The topological polar surface area (TPSA) is 60.2 Å². The van der Waals surface area contributed by atoms with Crippen LogP contribution in [0.1, 0.15) is 23.3 Å². The largest absolute Gasteiger partial charge is 0.384 e. The summed E-state index contributed by atoms with van der Waals surface area (Å²) in [5.74, 6) is 0.507. The predicted molar refractivity (Wildman–Crippen MR) is 81.9 cm³/mol. The molecule has 0 spiro atoms. The summed E-state index contributed by atoms with van der Waals surface area (Å²) in [6, 6.07) is 9.58. The lowest BCUT2D eigenvalue weighted by molar-refractivity contribution is 0.0608. The number of para-hydroxylation sites is 1. The first kappa shape index (κ1) is 14.7. The number of nitrogens with zero attached hydrogens (tertiary/aromatic N) is 4. The van der Waals surface area contributed by atoms with Crippen LogP contribution < -0.4 is 0 Å². The lowest BCUT2D eigenvalue weighted by Gasteiger charge is -2.31. The van der Waals surface area contributed by atoms with Gasteiger partial charge in [0.2, 0.25) is 0 Å². The van der Waals surface area contributed by atoms with Gasteiger partial charge in [-0.1, -0.05) is 18.2 Å². The summed E-state index contributed by atoms with van der Waals surface area (Å²) in [5, 5.41) is 8.49. The minimum atomic E-state index is -0.0435. The van der Waals surface area contributed by atoms with Gasteiger partial charge < -0.3 is 9.64 Å². The molecule has 6 heteroatoms. The highest BCUT2D eigenvalue weighted by molar-refractivity contribution is 5.92. The molecule has 116 valence electrons. The number of aromatic nitrogens is 3. The molecule has 0 radical (unpaired) electrons. The van der Waals surface area contributed by atoms with E-state index >= 15 is 0 Å². The van der Waals surface area contributed by atoms with Crippen molar-refractivity contribution in [2.75, 3.05) is 26.8 Å². The molecule has 0 saturated carbocycles. The first-order valence-corrected chi connectivity index (χ1v) is 7.54. The zero-order valence-corrected chi connectivity index (χ0v) is 12.7. The van der Waals surface area contributed by atoms with Crippen molar-refractivity contribution in [3.05, 3.63) is 42.2 Å². The minimum absolute atomic E-state index is 0.0435. The van der Waals surface area contributed by atoms with Crippen LogP contribution in [0.5, 0.6) is 0 Å². The average Bonchev–Trinajstić information content (AvgIpc) is 3.06. The van der Waals surface area contributed by atoms with Gasteiger partial charge in [0, 0.05) is 26.8 Å². The van der Waals surface area contributed by atoms with Gasteiger partial charge in [-0.25, -0.2) is 0 Å². The molecular formula is C16H20N4O2. The third-order valence-corrected chi connectivity index (χ3v) is 4.00. The molecule has 1 aliphatic heterocycles. The Bertz CT molecular complexity index is 618. The number of benzene rings is 1. The number of hydrogen-bond acceptors (Lipinski definition) is 4. The summed E-state index contributed by atoms with van der Waals surface area (Å²) in [4.78, 5) is 15.8. The SMILES string of the molecule is COCC1CCN(C(=O)c2cnn(-c3ccccc3)n2)CC1. The molecule has 0 unspecified atom stereocenters. The highest BCUT2D eigenvalue weighted by Gasteiger charge is 2.25. The Morgan fingerprint density at radius 3 is 2.68 bits per heavy atom. The van der Waals surface area contributed by atoms with Crippen LogP contribution in [-0.4, -0.2) is 52.6 Å². The fourth-order valence-electron chi connectivity index (χ4n) is 2.75. The maximum Gasteiger partial charge on any atom is 0.276 e. The van der Waals surface area contributed by atoms with Gasteiger partial charge >= 0.3 is 0 Å². The standard InChI is InChI=1S/C16H20N4O2/c1-22-12-13-7-9-19(10-8-13)16(21)15-11-17-20(18-15)14-5-3-2-4-6-14/h2-6,11,13H,7-10,12H2,1H3.